The molecule has 2 rings (SSSR count). The molecule has 1 aromatic carbocycles. The maximum absolute atomic E-state index is 13.2. The van der Waals surface area contributed by atoms with Gasteiger partial charge in [0, 0.05) is 11.8 Å². The molecule has 0 radical (unpaired) electrons. The van der Waals surface area contributed by atoms with Gasteiger partial charge in [0.1, 0.15) is 23.9 Å². The van der Waals surface area contributed by atoms with Gasteiger partial charge in [0.25, 0.3) is 0 Å². The number of methoxy groups -OCH3 is 1. The second-order valence-corrected chi connectivity index (χ2v) is 3.96. The van der Waals surface area contributed by atoms with E-state index in [1.807, 2.05) is 0 Å². The molecule has 1 N–H and O–H groups in total. The van der Waals surface area contributed by atoms with E-state index >= 15 is 0 Å². The molecule has 20 heavy (non-hydrogen) atoms. The van der Waals surface area contributed by atoms with Crippen LogP contribution in [-0.4, -0.2) is 23.2 Å². The first-order valence-corrected chi connectivity index (χ1v) is 5.73. The number of carboxylic acids is 1. The maximum Gasteiger partial charge on any atom is 0.337 e. The zero-order chi connectivity index (χ0) is 14.5. The van der Waals surface area contributed by atoms with Crippen LogP contribution in [0.2, 0.25) is 0 Å². The van der Waals surface area contributed by atoms with E-state index in [4.69, 9.17) is 14.6 Å². The molecule has 6 heteroatoms. The van der Waals surface area contributed by atoms with Gasteiger partial charge >= 0.3 is 5.97 Å². The topological polar surface area (TPSA) is 68.7 Å². The van der Waals surface area contributed by atoms with Crippen LogP contribution in [-0.2, 0) is 6.61 Å². The van der Waals surface area contributed by atoms with E-state index < -0.39 is 11.8 Å². The SMILES string of the molecule is COc1ccc(F)cc1COc1cncc(C(=O)O)c1. The average Bonchev–Trinajstić information content (AvgIpc) is 2.45. The lowest BCUT2D eigenvalue weighted by atomic mass is 10.2. The lowest BCUT2D eigenvalue weighted by Crippen LogP contribution is -2.02. The van der Waals surface area contributed by atoms with Crippen molar-refractivity contribution in [2.75, 3.05) is 7.11 Å². The maximum atomic E-state index is 13.2. The molecular weight excluding hydrogens is 265 g/mol. The molecule has 0 atom stereocenters. The Labute approximate surface area is 114 Å². The van der Waals surface area contributed by atoms with Crippen molar-refractivity contribution in [2.24, 2.45) is 0 Å². The molecule has 104 valence electrons. The van der Waals surface area contributed by atoms with E-state index in [0.717, 1.165) is 0 Å². The molecule has 0 unspecified atom stereocenters. The van der Waals surface area contributed by atoms with Crippen LogP contribution in [0, 0.1) is 5.82 Å². The summed E-state index contributed by atoms with van der Waals surface area (Å²) in [5.74, 6) is -0.710. The van der Waals surface area contributed by atoms with E-state index in [1.54, 1.807) is 0 Å². The summed E-state index contributed by atoms with van der Waals surface area (Å²) in [4.78, 5) is 14.6. The molecule has 0 aliphatic carbocycles. The number of aromatic nitrogens is 1. The molecular formula is C14H12FNO4. The van der Waals surface area contributed by atoms with Crippen LogP contribution in [0.4, 0.5) is 4.39 Å². The van der Waals surface area contributed by atoms with Crippen molar-refractivity contribution in [3.8, 4) is 11.5 Å². The second-order valence-electron chi connectivity index (χ2n) is 3.96. The Morgan fingerprint density at radius 1 is 1.35 bits per heavy atom. The fourth-order valence-electron chi connectivity index (χ4n) is 1.64. The number of hydrogen-bond donors (Lipinski definition) is 1. The Morgan fingerprint density at radius 3 is 2.85 bits per heavy atom. The summed E-state index contributed by atoms with van der Waals surface area (Å²) in [7, 11) is 1.48. The van der Waals surface area contributed by atoms with Gasteiger partial charge in [-0.2, -0.15) is 0 Å². The van der Waals surface area contributed by atoms with Gasteiger partial charge in [-0.05, 0) is 24.3 Å². The fourth-order valence-corrected chi connectivity index (χ4v) is 1.64. The number of benzene rings is 1. The van der Waals surface area contributed by atoms with Crippen molar-refractivity contribution in [1.82, 2.24) is 4.98 Å². The predicted octanol–water partition coefficient (Wildman–Crippen LogP) is 2.51. The molecule has 0 saturated heterocycles. The fraction of sp³-hybridized carbons (Fsp3) is 0.143. The molecule has 0 aliphatic rings. The normalized spacial score (nSPS) is 10.1. The highest BCUT2D eigenvalue weighted by Crippen LogP contribution is 2.21. The van der Waals surface area contributed by atoms with Crippen LogP contribution in [0.15, 0.2) is 36.7 Å². The molecule has 1 aromatic heterocycles. The van der Waals surface area contributed by atoms with Crippen LogP contribution >= 0.6 is 0 Å². The van der Waals surface area contributed by atoms with Crippen molar-refractivity contribution >= 4 is 5.97 Å². The highest BCUT2D eigenvalue weighted by Gasteiger charge is 2.08. The van der Waals surface area contributed by atoms with Crippen LogP contribution in [0.1, 0.15) is 15.9 Å². The quantitative estimate of drug-likeness (QED) is 0.909. The molecule has 0 aliphatic heterocycles. The number of hydrogen-bond acceptors (Lipinski definition) is 4. The highest BCUT2D eigenvalue weighted by atomic mass is 19.1. The summed E-state index contributed by atoms with van der Waals surface area (Å²) in [5, 5.41) is 8.85. The number of nitrogens with zero attached hydrogens (tertiary/aromatic N) is 1. The number of halogens is 1. The van der Waals surface area contributed by atoms with Crippen molar-refractivity contribution in [3.05, 3.63) is 53.6 Å². The van der Waals surface area contributed by atoms with Crippen molar-refractivity contribution in [3.63, 3.8) is 0 Å². The number of rotatable bonds is 5. The Morgan fingerprint density at radius 2 is 2.15 bits per heavy atom. The van der Waals surface area contributed by atoms with E-state index in [-0.39, 0.29) is 17.9 Å². The van der Waals surface area contributed by atoms with Gasteiger partial charge in [-0.25, -0.2) is 9.18 Å². The van der Waals surface area contributed by atoms with Crippen LogP contribution < -0.4 is 9.47 Å². The third-order valence-electron chi connectivity index (χ3n) is 2.60. The molecule has 0 spiro atoms. The van der Waals surface area contributed by atoms with Gasteiger partial charge in [-0.3, -0.25) is 4.98 Å². The second kappa shape index (κ2) is 6.01. The van der Waals surface area contributed by atoms with Crippen molar-refractivity contribution < 1.29 is 23.8 Å². The van der Waals surface area contributed by atoms with E-state index in [1.165, 1.54) is 43.8 Å². The van der Waals surface area contributed by atoms with Crippen molar-refractivity contribution in [1.29, 1.82) is 0 Å². The average molecular weight is 277 g/mol. The summed E-state index contributed by atoms with van der Waals surface area (Å²) in [6.07, 6.45) is 2.61. The minimum Gasteiger partial charge on any atom is -0.496 e. The lowest BCUT2D eigenvalue weighted by Gasteiger charge is -2.10. The van der Waals surface area contributed by atoms with E-state index in [9.17, 15) is 9.18 Å². The first-order chi connectivity index (χ1) is 9.60. The molecule has 2 aromatic rings. The molecule has 1 heterocycles. The zero-order valence-electron chi connectivity index (χ0n) is 10.7. The third kappa shape index (κ3) is 3.23. The van der Waals surface area contributed by atoms with Gasteiger partial charge in [-0.1, -0.05) is 0 Å². The van der Waals surface area contributed by atoms with Gasteiger partial charge in [0.15, 0.2) is 0 Å². The third-order valence-corrected chi connectivity index (χ3v) is 2.60. The van der Waals surface area contributed by atoms with Crippen LogP contribution in [0.5, 0.6) is 11.5 Å². The minimum absolute atomic E-state index is 0.0220. The van der Waals surface area contributed by atoms with E-state index in [2.05, 4.69) is 4.98 Å². The summed E-state index contributed by atoms with van der Waals surface area (Å²) in [5.41, 5.74) is 0.543. The molecule has 5 nitrogen and oxygen atoms in total. The standard InChI is InChI=1S/C14H12FNO4/c1-19-13-3-2-11(15)4-10(13)8-20-12-5-9(14(17)18)6-16-7-12/h2-7H,8H2,1H3,(H,17,18). The summed E-state index contributed by atoms with van der Waals surface area (Å²) in [6, 6.07) is 5.43. The highest BCUT2D eigenvalue weighted by molar-refractivity contribution is 5.87. The molecule has 0 amide bonds. The Balaban J connectivity index is 2.14. The monoisotopic (exact) mass is 277 g/mol. The number of carboxylic acid groups (broad SMARTS) is 1. The van der Waals surface area contributed by atoms with Gasteiger partial charge in [-0.15, -0.1) is 0 Å². The first-order valence-electron chi connectivity index (χ1n) is 5.73. The number of carbonyl (C=O) groups is 1. The first kappa shape index (κ1) is 13.8. The number of ether oxygens (including phenoxy) is 2. The molecule has 0 fully saturated rings. The predicted molar refractivity (Wildman–Crippen MR) is 68.5 cm³/mol. The van der Waals surface area contributed by atoms with Crippen LogP contribution in [0.25, 0.3) is 0 Å². The Kier molecular flexibility index (Phi) is 4.14. The van der Waals surface area contributed by atoms with Gasteiger partial charge in [0.2, 0.25) is 0 Å². The largest absolute Gasteiger partial charge is 0.496 e. The minimum atomic E-state index is -1.09. The van der Waals surface area contributed by atoms with Gasteiger partial charge < -0.3 is 14.6 Å². The summed E-state index contributed by atoms with van der Waals surface area (Å²) >= 11 is 0. The smallest absolute Gasteiger partial charge is 0.337 e. The summed E-state index contributed by atoms with van der Waals surface area (Å²) < 4.78 is 23.7. The number of pyridine rings is 1. The summed E-state index contributed by atoms with van der Waals surface area (Å²) in [6.45, 7) is 0.0473. The molecule has 0 saturated carbocycles. The van der Waals surface area contributed by atoms with Gasteiger partial charge in [0.05, 0.1) is 18.9 Å². The Bertz CT molecular complexity index is 630. The van der Waals surface area contributed by atoms with Crippen molar-refractivity contribution in [2.45, 2.75) is 6.61 Å². The van der Waals surface area contributed by atoms with Crippen LogP contribution in [0.3, 0.4) is 0 Å². The number of aromatic carboxylic acids is 1. The zero-order valence-corrected chi connectivity index (χ0v) is 10.7. The molecule has 0 bridgehead atoms. The lowest BCUT2D eigenvalue weighted by molar-refractivity contribution is 0.0696. The Hall–Kier alpha value is -2.63. The van der Waals surface area contributed by atoms with E-state index in [0.29, 0.717) is 11.3 Å².